The van der Waals surface area contributed by atoms with Crippen LogP contribution >= 0.6 is 0 Å². The molecule has 0 saturated heterocycles. The molecule has 2 aromatic carbocycles. The van der Waals surface area contributed by atoms with Crippen molar-refractivity contribution in [2.45, 2.75) is 20.4 Å². The highest BCUT2D eigenvalue weighted by Crippen LogP contribution is 2.29. The van der Waals surface area contributed by atoms with Crippen LogP contribution in [0.4, 0.5) is 0 Å². The van der Waals surface area contributed by atoms with Gasteiger partial charge in [-0.1, -0.05) is 18.2 Å². The molecule has 0 saturated carbocycles. The van der Waals surface area contributed by atoms with Crippen LogP contribution in [-0.2, 0) is 11.3 Å². The van der Waals surface area contributed by atoms with Gasteiger partial charge in [0.05, 0.1) is 29.4 Å². The molecule has 0 fully saturated rings. The number of rotatable bonds is 3. The number of ether oxygens (including phenoxy) is 1. The van der Waals surface area contributed by atoms with Crippen molar-refractivity contribution in [2.24, 2.45) is 0 Å². The number of aromatic amines is 1. The zero-order chi connectivity index (χ0) is 17.6. The highest BCUT2D eigenvalue weighted by molar-refractivity contribution is 5.95. The van der Waals surface area contributed by atoms with Gasteiger partial charge in [0.1, 0.15) is 0 Å². The molecule has 5 nitrogen and oxygen atoms in total. The Bertz CT molecular complexity index is 1100. The molecule has 0 atom stereocenters. The van der Waals surface area contributed by atoms with Crippen LogP contribution in [0.15, 0.2) is 42.5 Å². The second-order valence-corrected chi connectivity index (χ2v) is 6.10. The quantitative estimate of drug-likeness (QED) is 0.569. The summed E-state index contributed by atoms with van der Waals surface area (Å²) in [5, 5.41) is 1.19. The smallest absolute Gasteiger partial charge is 0.337 e. The van der Waals surface area contributed by atoms with Crippen molar-refractivity contribution in [1.82, 2.24) is 14.5 Å². The van der Waals surface area contributed by atoms with Gasteiger partial charge in [-0.25, -0.2) is 9.78 Å². The number of carbonyl (C=O) groups is 1. The molecule has 0 aliphatic rings. The molecule has 2 aromatic heterocycles. The second kappa shape index (κ2) is 5.77. The molecule has 0 radical (unpaired) electrons. The maximum atomic E-state index is 11.8. The van der Waals surface area contributed by atoms with Crippen LogP contribution in [0.1, 0.15) is 22.8 Å². The lowest BCUT2D eigenvalue weighted by Gasteiger charge is -2.05. The van der Waals surface area contributed by atoms with Crippen molar-refractivity contribution >= 4 is 27.9 Å². The Labute approximate surface area is 145 Å². The van der Waals surface area contributed by atoms with Crippen molar-refractivity contribution in [3.05, 3.63) is 53.6 Å². The number of benzene rings is 2. The maximum Gasteiger partial charge on any atom is 0.337 e. The van der Waals surface area contributed by atoms with Gasteiger partial charge >= 0.3 is 5.97 Å². The number of aryl methyl sites for hydroxylation is 2. The zero-order valence-corrected chi connectivity index (χ0v) is 14.5. The molecule has 4 rings (SSSR count). The van der Waals surface area contributed by atoms with Crippen molar-refractivity contribution in [3.63, 3.8) is 0 Å². The Morgan fingerprint density at radius 1 is 1.24 bits per heavy atom. The summed E-state index contributed by atoms with van der Waals surface area (Å²) in [6.45, 7) is 4.93. The number of para-hydroxylation sites is 1. The molecule has 0 aliphatic heterocycles. The summed E-state index contributed by atoms with van der Waals surface area (Å²) in [4.78, 5) is 20.0. The van der Waals surface area contributed by atoms with E-state index in [1.165, 1.54) is 18.0 Å². The molecule has 5 heteroatoms. The molecular weight excluding hydrogens is 314 g/mol. The Hall–Kier alpha value is -3.08. The average molecular weight is 333 g/mol. The topological polar surface area (TPSA) is 59.9 Å². The number of hydrogen-bond acceptors (Lipinski definition) is 3. The van der Waals surface area contributed by atoms with Gasteiger partial charge in [-0.05, 0) is 43.7 Å². The standard InChI is InChI=1S/C20H19N3O2/c1-4-23-16-8-6-5-7-13(16)11-17(23)19-21-15-10-14(20(24)25-3)9-12(2)18(15)22-19/h5-11H,4H2,1-3H3,(H,21,22). The number of imidazole rings is 1. The number of hydrogen-bond donors (Lipinski definition) is 1. The molecule has 2 heterocycles. The lowest BCUT2D eigenvalue weighted by Crippen LogP contribution is -2.01. The van der Waals surface area contributed by atoms with Crippen LogP contribution in [0.3, 0.4) is 0 Å². The zero-order valence-electron chi connectivity index (χ0n) is 14.5. The van der Waals surface area contributed by atoms with E-state index in [0.717, 1.165) is 34.7 Å². The summed E-state index contributed by atoms with van der Waals surface area (Å²) < 4.78 is 7.07. The van der Waals surface area contributed by atoms with E-state index >= 15 is 0 Å². The number of esters is 1. The predicted molar refractivity (Wildman–Crippen MR) is 98.8 cm³/mol. The number of nitrogens with one attached hydrogen (secondary N) is 1. The lowest BCUT2D eigenvalue weighted by atomic mass is 10.1. The van der Waals surface area contributed by atoms with Gasteiger partial charge in [-0.3, -0.25) is 0 Å². The number of nitrogens with zero attached hydrogens (tertiary/aromatic N) is 2. The van der Waals surface area contributed by atoms with Gasteiger partial charge in [0.2, 0.25) is 0 Å². The second-order valence-electron chi connectivity index (χ2n) is 6.10. The fourth-order valence-corrected chi connectivity index (χ4v) is 3.39. The van der Waals surface area contributed by atoms with Gasteiger partial charge in [0.25, 0.3) is 0 Å². The average Bonchev–Trinajstić information content (AvgIpc) is 3.21. The van der Waals surface area contributed by atoms with Crippen molar-refractivity contribution in [2.75, 3.05) is 7.11 Å². The van der Waals surface area contributed by atoms with Crippen LogP contribution in [0.2, 0.25) is 0 Å². The first-order valence-electron chi connectivity index (χ1n) is 8.29. The molecule has 0 amide bonds. The Kier molecular flexibility index (Phi) is 3.57. The highest BCUT2D eigenvalue weighted by Gasteiger charge is 2.16. The van der Waals surface area contributed by atoms with Crippen LogP contribution in [0.5, 0.6) is 0 Å². The number of aromatic nitrogens is 3. The number of carbonyl (C=O) groups excluding carboxylic acids is 1. The van der Waals surface area contributed by atoms with E-state index in [1.807, 2.05) is 25.1 Å². The number of fused-ring (bicyclic) bond motifs is 2. The Morgan fingerprint density at radius 2 is 2.04 bits per heavy atom. The minimum atomic E-state index is -0.344. The Balaban J connectivity index is 1.93. The van der Waals surface area contributed by atoms with Crippen molar-refractivity contribution < 1.29 is 9.53 Å². The summed E-state index contributed by atoms with van der Waals surface area (Å²) in [5.74, 6) is 0.460. The largest absolute Gasteiger partial charge is 0.465 e. The van der Waals surface area contributed by atoms with E-state index in [9.17, 15) is 4.79 Å². The van der Waals surface area contributed by atoms with Gasteiger partial charge in [-0.15, -0.1) is 0 Å². The summed E-state index contributed by atoms with van der Waals surface area (Å²) in [6.07, 6.45) is 0. The van der Waals surface area contributed by atoms with E-state index in [4.69, 9.17) is 9.72 Å². The first-order chi connectivity index (χ1) is 12.1. The lowest BCUT2D eigenvalue weighted by molar-refractivity contribution is 0.0601. The summed E-state index contributed by atoms with van der Waals surface area (Å²) >= 11 is 0. The predicted octanol–water partition coefficient (Wildman–Crippen LogP) is 4.30. The first-order valence-corrected chi connectivity index (χ1v) is 8.29. The van der Waals surface area contributed by atoms with E-state index in [0.29, 0.717) is 5.56 Å². The van der Waals surface area contributed by atoms with Gasteiger partial charge in [0.15, 0.2) is 5.82 Å². The van der Waals surface area contributed by atoms with E-state index in [2.05, 4.69) is 34.7 Å². The normalized spacial score (nSPS) is 11.3. The third-order valence-corrected chi connectivity index (χ3v) is 4.57. The number of methoxy groups -OCH3 is 1. The van der Waals surface area contributed by atoms with Crippen LogP contribution in [0.25, 0.3) is 33.5 Å². The van der Waals surface area contributed by atoms with E-state index in [1.54, 1.807) is 6.07 Å². The van der Waals surface area contributed by atoms with Crippen molar-refractivity contribution in [1.29, 1.82) is 0 Å². The van der Waals surface area contributed by atoms with Crippen LogP contribution in [0, 0.1) is 6.92 Å². The van der Waals surface area contributed by atoms with E-state index in [-0.39, 0.29) is 5.97 Å². The molecule has 0 spiro atoms. The molecule has 0 aliphatic carbocycles. The molecule has 0 bridgehead atoms. The SMILES string of the molecule is CCn1c(-c2nc3c(C)cc(C(=O)OC)cc3[nH]2)cc2ccccc21. The molecule has 1 N–H and O–H groups in total. The van der Waals surface area contributed by atoms with E-state index < -0.39 is 0 Å². The fraction of sp³-hybridized carbons (Fsp3) is 0.200. The minimum absolute atomic E-state index is 0.344. The van der Waals surface area contributed by atoms with Gasteiger partial charge in [-0.2, -0.15) is 0 Å². The highest BCUT2D eigenvalue weighted by atomic mass is 16.5. The van der Waals surface area contributed by atoms with Crippen molar-refractivity contribution in [3.8, 4) is 11.5 Å². The fourth-order valence-electron chi connectivity index (χ4n) is 3.39. The maximum absolute atomic E-state index is 11.8. The molecule has 126 valence electrons. The number of H-pyrrole nitrogens is 1. The van der Waals surface area contributed by atoms with Gasteiger partial charge < -0.3 is 14.3 Å². The van der Waals surface area contributed by atoms with Crippen LogP contribution in [-0.4, -0.2) is 27.6 Å². The molecular formula is C20H19N3O2. The Morgan fingerprint density at radius 3 is 2.80 bits per heavy atom. The third kappa shape index (κ3) is 2.39. The summed E-state index contributed by atoms with van der Waals surface area (Å²) in [7, 11) is 1.39. The monoisotopic (exact) mass is 333 g/mol. The first kappa shape index (κ1) is 15.4. The summed E-state index contributed by atoms with van der Waals surface area (Å²) in [5.41, 5.74) is 5.41. The summed E-state index contributed by atoms with van der Waals surface area (Å²) in [6, 6.07) is 14.1. The molecule has 0 unspecified atom stereocenters. The molecule has 25 heavy (non-hydrogen) atoms. The van der Waals surface area contributed by atoms with Crippen LogP contribution < -0.4 is 0 Å². The molecule has 4 aromatic rings. The minimum Gasteiger partial charge on any atom is -0.465 e. The van der Waals surface area contributed by atoms with Gasteiger partial charge in [0, 0.05) is 17.4 Å². The third-order valence-electron chi connectivity index (χ3n) is 4.57.